The van der Waals surface area contributed by atoms with Gasteiger partial charge in [-0.2, -0.15) is 0 Å². The molecule has 0 saturated carbocycles. The number of anilines is 1. The van der Waals surface area contributed by atoms with Gasteiger partial charge in [-0.15, -0.1) is 0 Å². The molecule has 0 aromatic heterocycles. The highest BCUT2D eigenvalue weighted by Gasteiger charge is 2.28. The van der Waals surface area contributed by atoms with Crippen LogP contribution in [-0.4, -0.2) is 28.0 Å². The van der Waals surface area contributed by atoms with E-state index < -0.39 is 22.5 Å². The van der Waals surface area contributed by atoms with Gasteiger partial charge in [0.05, 0.1) is 23.7 Å². The number of sulfonamides is 1. The molecule has 0 spiro atoms. The fourth-order valence-corrected chi connectivity index (χ4v) is 5.03. The number of halogens is 2. The first-order chi connectivity index (χ1) is 15.7. The molecular weight excluding hydrogens is 483 g/mol. The predicted molar refractivity (Wildman–Crippen MR) is 132 cm³/mol. The molecule has 6 nitrogen and oxygen atoms in total. The van der Waals surface area contributed by atoms with Gasteiger partial charge in [-0.3, -0.25) is 9.10 Å². The minimum Gasteiger partial charge on any atom is -0.497 e. The average molecular weight is 507 g/mol. The molecule has 0 aliphatic rings. The first-order valence-corrected chi connectivity index (χ1v) is 12.4. The zero-order valence-corrected chi connectivity index (χ0v) is 20.5. The lowest BCUT2D eigenvalue weighted by atomic mass is 10.0. The first kappa shape index (κ1) is 24.9. The Morgan fingerprint density at radius 2 is 1.67 bits per heavy atom. The van der Waals surface area contributed by atoms with E-state index in [9.17, 15) is 13.2 Å². The maximum absolute atomic E-state index is 13.4. The molecule has 1 unspecified atom stereocenters. The molecule has 0 fully saturated rings. The zero-order chi connectivity index (χ0) is 24.0. The van der Waals surface area contributed by atoms with Crippen LogP contribution in [0.4, 0.5) is 5.69 Å². The summed E-state index contributed by atoms with van der Waals surface area (Å²) in [5.41, 5.74) is 1.17. The summed E-state index contributed by atoms with van der Waals surface area (Å²) in [6.07, 6.45) is 0.624. The lowest BCUT2D eigenvalue weighted by molar-refractivity contribution is -0.120. The third-order valence-electron chi connectivity index (χ3n) is 5.05. The number of hydrogen-bond acceptors (Lipinski definition) is 4. The van der Waals surface area contributed by atoms with Gasteiger partial charge in [-0.05, 0) is 66.6 Å². The van der Waals surface area contributed by atoms with Gasteiger partial charge in [0.15, 0.2) is 0 Å². The molecule has 174 valence electrons. The van der Waals surface area contributed by atoms with Crippen LogP contribution in [0, 0.1) is 0 Å². The summed E-state index contributed by atoms with van der Waals surface area (Å²) < 4.78 is 33.1. The number of carbonyl (C=O) groups excluding carboxylic acids is 1. The van der Waals surface area contributed by atoms with E-state index >= 15 is 0 Å². The number of amides is 1. The van der Waals surface area contributed by atoms with Gasteiger partial charge in [-0.25, -0.2) is 8.42 Å². The van der Waals surface area contributed by atoms with Crippen molar-refractivity contribution >= 4 is 44.8 Å². The third kappa shape index (κ3) is 6.19. The Morgan fingerprint density at radius 3 is 2.24 bits per heavy atom. The van der Waals surface area contributed by atoms with E-state index in [4.69, 9.17) is 27.9 Å². The predicted octanol–water partition coefficient (Wildman–Crippen LogP) is 5.46. The van der Waals surface area contributed by atoms with Crippen molar-refractivity contribution in [1.82, 2.24) is 5.32 Å². The SMILES string of the molecule is CCC(NC(=O)CN(c1cccc(Cl)c1)S(=O)(=O)c1ccc(Cl)cc1)c1ccc(OC)cc1. The van der Waals surface area contributed by atoms with Crippen molar-refractivity contribution in [1.29, 1.82) is 0 Å². The van der Waals surface area contributed by atoms with Crippen LogP contribution >= 0.6 is 23.2 Å². The molecule has 0 saturated heterocycles. The zero-order valence-electron chi connectivity index (χ0n) is 18.2. The molecule has 0 aliphatic carbocycles. The van der Waals surface area contributed by atoms with E-state index in [1.807, 2.05) is 31.2 Å². The second-order valence-corrected chi connectivity index (χ2v) is 9.98. The minimum absolute atomic E-state index is 0.0156. The van der Waals surface area contributed by atoms with Crippen LogP contribution in [-0.2, 0) is 14.8 Å². The van der Waals surface area contributed by atoms with Crippen molar-refractivity contribution < 1.29 is 17.9 Å². The Labute approximate surface area is 204 Å². The Kier molecular flexibility index (Phi) is 8.24. The Hall–Kier alpha value is -2.74. The van der Waals surface area contributed by atoms with Crippen LogP contribution in [0.1, 0.15) is 24.9 Å². The summed E-state index contributed by atoms with van der Waals surface area (Å²) >= 11 is 12.0. The number of methoxy groups -OCH3 is 1. The van der Waals surface area contributed by atoms with Crippen LogP contribution in [0.15, 0.2) is 77.7 Å². The molecule has 3 aromatic rings. The lowest BCUT2D eigenvalue weighted by Crippen LogP contribution is -2.42. The maximum atomic E-state index is 13.4. The molecular formula is C24H24Cl2N2O4S. The number of hydrogen-bond donors (Lipinski definition) is 1. The Bertz CT molecular complexity index is 1200. The molecule has 3 rings (SSSR count). The van der Waals surface area contributed by atoms with E-state index in [2.05, 4.69) is 5.32 Å². The van der Waals surface area contributed by atoms with Crippen LogP contribution in [0.3, 0.4) is 0 Å². The van der Waals surface area contributed by atoms with E-state index in [1.54, 1.807) is 25.3 Å². The van der Waals surface area contributed by atoms with Crippen LogP contribution in [0.2, 0.25) is 10.0 Å². The van der Waals surface area contributed by atoms with E-state index in [-0.39, 0.29) is 16.6 Å². The number of carbonyl (C=O) groups is 1. The summed E-state index contributed by atoms with van der Waals surface area (Å²) in [6, 6.07) is 19.2. The fraction of sp³-hybridized carbons (Fsp3) is 0.208. The largest absolute Gasteiger partial charge is 0.497 e. The van der Waals surface area contributed by atoms with Crippen molar-refractivity contribution in [2.45, 2.75) is 24.3 Å². The summed E-state index contributed by atoms with van der Waals surface area (Å²) in [5, 5.41) is 3.69. The van der Waals surface area contributed by atoms with E-state index in [1.165, 1.54) is 30.3 Å². The molecule has 0 aliphatic heterocycles. The third-order valence-corrected chi connectivity index (χ3v) is 7.32. The molecule has 0 heterocycles. The maximum Gasteiger partial charge on any atom is 0.264 e. The minimum atomic E-state index is -4.06. The fourth-order valence-electron chi connectivity index (χ4n) is 3.31. The van der Waals surface area contributed by atoms with Crippen molar-refractivity contribution in [3.05, 3.63) is 88.4 Å². The first-order valence-electron chi connectivity index (χ1n) is 10.2. The van der Waals surface area contributed by atoms with Gasteiger partial charge in [0.2, 0.25) is 5.91 Å². The topological polar surface area (TPSA) is 75.7 Å². The molecule has 33 heavy (non-hydrogen) atoms. The monoisotopic (exact) mass is 506 g/mol. The molecule has 0 bridgehead atoms. The second kappa shape index (κ2) is 10.9. The van der Waals surface area contributed by atoms with Gasteiger partial charge < -0.3 is 10.1 Å². The van der Waals surface area contributed by atoms with Gasteiger partial charge >= 0.3 is 0 Å². The van der Waals surface area contributed by atoms with Gasteiger partial charge in [0.25, 0.3) is 10.0 Å². The molecule has 1 N–H and O–H groups in total. The Balaban J connectivity index is 1.89. The number of ether oxygens (including phenoxy) is 1. The smallest absolute Gasteiger partial charge is 0.264 e. The highest BCUT2D eigenvalue weighted by molar-refractivity contribution is 7.92. The van der Waals surface area contributed by atoms with Crippen LogP contribution < -0.4 is 14.4 Å². The van der Waals surface area contributed by atoms with E-state index in [0.717, 1.165) is 9.87 Å². The van der Waals surface area contributed by atoms with Crippen LogP contribution in [0.25, 0.3) is 0 Å². The van der Waals surface area contributed by atoms with Crippen LogP contribution in [0.5, 0.6) is 5.75 Å². The Morgan fingerprint density at radius 1 is 1.00 bits per heavy atom. The molecule has 9 heteroatoms. The normalized spacial score (nSPS) is 12.1. The average Bonchev–Trinajstić information content (AvgIpc) is 2.81. The summed E-state index contributed by atoms with van der Waals surface area (Å²) in [7, 11) is -2.48. The standard InChI is InChI=1S/C24H24Cl2N2O4S/c1-3-23(17-7-11-21(32-2)12-8-17)27-24(29)16-28(20-6-4-5-19(26)15-20)33(30,31)22-13-9-18(25)10-14-22/h4-15,23H,3,16H2,1-2H3,(H,27,29). The molecule has 1 atom stereocenters. The number of benzene rings is 3. The summed E-state index contributed by atoms with van der Waals surface area (Å²) in [4.78, 5) is 13.0. The highest BCUT2D eigenvalue weighted by atomic mass is 35.5. The lowest BCUT2D eigenvalue weighted by Gasteiger charge is -2.26. The molecule has 3 aromatic carbocycles. The number of nitrogens with one attached hydrogen (secondary N) is 1. The van der Waals surface area contributed by atoms with E-state index in [0.29, 0.717) is 22.2 Å². The number of nitrogens with zero attached hydrogens (tertiary/aromatic N) is 1. The van der Waals surface area contributed by atoms with Gasteiger partial charge in [0.1, 0.15) is 12.3 Å². The quantitative estimate of drug-likeness (QED) is 0.417. The van der Waals surface area contributed by atoms with Crippen molar-refractivity contribution in [2.75, 3.05) is 18.0 Å². The number of rotatable bonds is 9. The summed E-state index contributed by atoms with van der Waals surface area (Å²) in [5.74, 6) is 0.260. The van der Waals surface area contributed by atoms with Gasteiger partial charge in [-0.1, -0.05) is 48.3 Å². The van der Waals surface area contributed by atoms with Crippen molar-refractivity contribution in [2.24, 2.45) is 0 Å². The van der Waals surface area contributed by atoms with Crippen molar-refractivity contribution in [3.63, 3.8) is 0 Å². The summed E-state index contributed by atoms with van der Waals surface area (Å²) in [6.45, 7) is 1.52. The highest BCUT2D eigenvalue weighted by Crippen LogP contribution is 2.27. The van der Waals surface area contributed by atoms with Gasteiger partial charge in [0, 0.05) is 10.0 Å². The molecule has 0 radical (unpaired) electrons. The van der Waals surface area contributed by atoms with Crippen molar-refractivity contribution in [3.8, 4) is 5.75 Å². The molecule has 1 amide bonds. The second-order valence-electron chi connectivity index (χ2n) is 7.25.